The summed E-state index contributed by atoms with van der Waals surface area (Å²) in [7, 11) is -3.60. The van der Waals surface area contributed by atoms with Gasteiger partial charge in [-0.05, 0) is 43.0 Å². The minimum atomic E-state index is -3.60. The Morgan fingerprint density at radius 1 is 1.28 bits per heavy atom. The van der Waals surface area contributed by atoms with E-state index in [1.165, 1.54) is 36.5 Å². The van der Waals surface area contributed by atoms with E-state index in [4.69, 9.17) is 0 Å². The molecule has 0 aliphatic carbocycles. The van der Waals surface area contributed by atoms with Crippen molar-refractivity contribution in [1.82, 2.24) is 14.5 Å². The maximum atomic E-state index is 12.0. The Balaban J connectivity index is 2.00. The van der Waals surface area contributed by atoms with Crippen molar-refractivity contribution in [2.75, 3.05) is 5.32 Å². The summed E-state index contributed by atoms with van der Waals surface area (Å²) in [5, 5.41) is 16.7. The molecule has 0 saturated heterocycles. The second-order valence-corrected chi connectivity index (χ2v) is 7.19. The second kappa shape index (κ2) is 7.40. The van der Waals surface area contributed by atoms with E-state index in [2.05, 4.69) is 15.1 Å². The van der Waals surface area contributed by atoms with Crippen molar-refractivity contribution in [2.45, 2.75) is 31.3 Å². The zero-order chi connectivity index (χ0) is 18.6. The van der Waals surface area contributed by atoms with Gasteiger partial charge in [0.15, 0.2) is 0 Å². The number of nitro groups is 1. The van der Waals surface area contributed by atoms with Crippen LogP contribution in [-0.4, -0.2) is 35.1 Å². The summed E-state index contributed by atoms with van der Waals surface area (Å²) in [5.74, 6) is -0.797. The number of amides is 1. The number of sulfonamides is 1. The maximum Gasteiger partial charge on any atom is 0.389 e. The van der Waals surface area contributed by atoms with Crippen LogP contribution in [0.3, 0.4) is 0 Å². The number of nitrogens with one attached hydrogen (secondary N) is 2. The van der Waals surface area contributed by atoms with Gasteiger partial charge in [0.05, 0.1) is 22.3 Å². The van der Waals surface area contributed by atoms with Crippen LogP contribution in [0.15, 0.2) is 41.4 Å². The molecule has 2 N–H and O–H groups in total. The van der Waals surface area contributed by atoms with Crippen LogP contribution in [0.25, 0.3) is 0 Å². The fourth-order valence-corrected chi connectivity index (χ4v) is 3.23. The molecule has 0 fully saturated rings. The fraction of sp³-hybridized carbons (Fsp3) is 0.286. The first-order valence-corrected chi connectivity index (χ1v) is 8.76. The van der Waals surface area contributed by atoms with Crippen molar-refractivity contribution in [2.24, 2.45) is 0 Å². The molecule has 2 aromatic rings. The van der Waals surface area contributed by atoms with Crippen LogP contribution in [0.5, 0.6) is 0 Å². The normalized spacial score (nSPS) is 11.5. The molecule has 1 heterocycles. The maximum absolute atomic E-state index is 12.0. The molecule has 0 unspecified atom stereocenters. The van der Waals surface area contributed by atoms with Gasteiger partial charge in [0, 0.05) is 11.7 Å². The van der Waals surface area contributed by atoms with Crippen molar-refractivity contribution >= 4 is 27.4 Å². The third kappa shape index (κ3) is 5.09. The minimum Gasteiger partial charge on any atom is -0.358 e. The largest absolute Gasteiger partial charge is 0.389 e. The fourth-order valence-electron chi connectivity index (χ4n) is 1.98. The number of hydrogen-bond acceptors (Lipinski definition) is 6. The monoisotopic (exact) mass is 367 g/mol. The van der Waals surface area contributed by atoms with Crippen molar-refractivity contribution in [3.8, 4) is 0 Å². The summed E-state index contributed by atoms with van der Waals surface area (Å²) in [6.45, 7) is 3.22. The number of aromatic nitrogens is 2. The van der Waals surface area contributed by atoms with Gasteiger partial charge in [0.25, 0.3) is 0 Å². The zero-order valence-electron chi connectivity index (χ0n) is 13.5. The number of hydrogen-bond donors (Lipinski definition) is 2. The lowest BCUT2D eigenvalue weighted by Crippen LogP contribution is -2.30. The average molecular weight is 367 g/mol. The molecular formula is C14H17N5O5S. The first-order chi connectivity index (χ1) is 11.7. The SMILES string of the molecule is CC(C)NS(=O)(=O)c1ccc(NC(=O)Cn2ccc([N+](=O)[O-])n2)cc1. The van der Waals surface area contributed by atoms with Gasteiger partial charge in [-0.2, -0.15) is 4.68 Å². The third-order valence-electron chi connectivity index (χ3n) is 2.96. The van der Waals surface area contributed by atoms with E-state index in [-0.39, 0.29) is 23.3 Å². The molecule has 1 amide bonds. The zero-order valence-corrected chi connectivity index (χ0v) is 14.4. The van der Waals surface area contributed by atoms with Gasteiger partial charge in [0.1, 0.15) is 6.54 Å². The number of rotatable bonds is 7. The number of anilines is 1. The van der Waals surface area contributed by atoms with Crippen LogP contribution in [0.2, 0.25) is 0 Å². The van der Waals surface area contributed by atoms with Crippen LogP contribution >= 0.6 is 0 Å². The molecular weight excluding hydrogens is 350 g/mol. The molecule has 2 rings (SSSR count). The van der Waals surface area contributed by atoms with Crippen molar-refractivity contribution in [1.29, 1.82) is 0 Å². The molecule has 0 atom stereocenters. The average Bonchev–Trinajstić information content (AvgIpc) is 2.95. The highest BCUT2D eigenvalue weighted by Gasteiger charge is 2.16. The van der Waals surface area contributed by atoms with Gasteiger partial charge in [0.2, 0.25) is 15.9 Å². The Bertz CT molecular complexity index is 873. The first kappa shape index (κ1) is 18.5. The van der Waals surface area contributed by atoms with E-state index in [0.29, 0.717) is 5.69 Å². The van der Waals surface area contributed by atoms with E-state index < -0.39 is 20.9 Å². The standard InChI is InChI=1S/C14H17N5O5S/c1-10(2)17-25(23,24)12-5-3-11(4-6-12)15-14(20)9-18-8-7-13(16-18)19(21)22/h3-8,10,17H,9H2,1-2H3,(H,15,20). The predicted molar refractivity (Wildman–Crippen MR) is 89.4 cm³/mol. The molecule has 10 nitrogen and oxygen atoms in total. The van der Waals surface area contributed by atoms with Crippen molar-refractivity contribution in [3.63, 3.8) is 0 Å². The molecule has 11 heteroatoms. The topological polar surface area (TPSA) is 136 Å². The predicted octanol–water partition coefficient (Wildman–Crippen LogP) is 1.12. The molecule has 0 spiro atoms. The van der Waals surface area contributed by atoms with Gasteiger partial charge in [-0.25, -0.2) is 13.1 Å². The van der Waals surface area contributed by atoms with Gasteiger partial charge in [-0.1, -0.05) is 0 Å². The molecule has 25 heavy (non-hydrogen) atoms. The number of carbonyl (C=O) groups excluding carboxylic acids is 1. The summed E-state index contributed by atoms with van der Waals surface area (Å²) >= 11 is 0. The first-order valence-electron chi connectivity index (χ1n) is 7.27. The molecule has 0 saturated carbocycles. The number of nitrogens with zero attached hydrogens (tertiary/aromatic N) is 3. The van der Waals surface area contributed by atoms with Crippen molar-refractivity contribution in [3.05, 3.63) is 46.6 Å². The van der Waals surface area contributed by atoms with E-state index in [1.807, 2.05) is 0 Å². The summed E-state index contributed by atoms with van der Waals surface area (Å²) in [5.41, 5.74) is 0.398. The Morgan fingerprint density at radius 3 is 2.44 bits per heavy atom. The highest BCUT2D eigenvalue weighted by molar-refractivity contribution is 7.89. The van der Waals surface area contributed by atoms with Crippen molar-refractivity contribution < 1.29 is 18.1 Å². The molecule has 0 radical (unpaired) electrons. The summed E-state index contributed by atoms with van der Waals surface area (Å²) in [4.78, 5) is 21.9. The molecule has 1 aromatic heterocycles. The lowest BCUT2D eigenvalue weighted by atomic mass is 10.3. The second-order valence-electron chi connectivity index (χ2n) is 5.48. The van der Waals surface area contributed by atoms with Crippen LogP contribution in [0.4, 0.5) is 11.5 Å². The number of carbonyl (C=O) groups is 1. The van der Waals surface area contributed by atoms with Gasteiger partial charge >= 0.3 is 5.82 Å². The molecule has 0 aliphatic rings. The Morgan fingerprint density at radius 2 is 1.92 bits per heavy atom. The van der Waals surface area contributed by atoms with Gasteiger partial charge in [-0.15, -0.1) is 0 Å². The lowest BCUT2D eigenvalue weighted by molar-refractivity contribution is -0.389. The highest BCUT2D eigenvalue weighted by Crippen LogP contribution is 2.14. The van der Waals surface area contributed by atoms with E-state index in [9.17, 15) is 23.3 Å². The Labute approximate surface area is 144 Å². The van der Waals surface area contributed by atoms with E-state index >= 15 is 0 Å². The summed E-state index contributed by atoms with van der Waals surface area (Å²) < 4.78 is 27.6. The quantitative estimate of drug-likeness (QED) is 0.556. The van der Waals surface area contributed by atoms with Crippen LogP contribution in [-0.2, 0) is 21.4 Å². The Hall–Kier alpha value is -2.79. The highest BCUT2D eigenvalue weighted by atomic mass is 32.2. The van der Waals surface area contributed by atoms with Crippen LogP contribution in [0.1, 0.15) is 13.8 Å². The Kier molecular flexibility index (Phi) is 5.49. The summed E-state index contributed by atoms with van der Waals surface area (Å²) in [6.07, 6.45) is 1.32. The molecule has 0 bridgehead atoms. The van der Waals surface area contributed by atoms with Gasteiger partial charge < -0.3 is 15.4 Å². The number of benzene rings is 1. The molecule has 0 aliphatic heterocycles. The molecule has 1 aromatic carbocycles. The van der Waals surface area contributed by atoms with E-state index in [1.54, 1.807) is 13.8 Å². The van der Waals surface area contributed by atoms with Crippen LogP contribution < -0.4 is 10.0 Å². The summed E-state index contributed by atoms with van der Waals surface area (Å²) in [6, 6.07) is 6.62. The van der Waals surface area contributed by atoms with E-state index in [0.717, 1.165) is 4.68 Å². The van der Waals surface area contributed by atoms with Crippen LogP contribution in [0, 0.1) is 10.1 Å². The van der Waals surface area contributed by atoms with Gasteiger partial charge in [-0.3, -0.25) is 4.79 Å². The third-order valence-corrected chi connectivity index (χ3v) is 4.63. The lowest BCUT2D eigenvalue weighted by Gasteiger charge is -2.10. The smallest absolute Gasteiger partial charge is 0.358 e. The molecule has 134 valence electrons. The minimum absolute atomic E-state index is 0.0851.